The van der Waals surface area contributed by atoms with E-state index in [9.17, 15) is 8.42 Å². The van der Waals surface area contributed by atoms with Crippen LogP contribution in [0.15, 0.2) is 41.5 Å². The molecule has 7 heteroatoms. The second kappa shape index (κ2) is 7.25. The third-order valence-electron chi connectivity index (χ3n) is 4.35. The Morgan fingerprint density at radius 3 is 2.92 bits per heavy atom. The lowest BCUT2D eigenvalue weighted by Crippen LogP contribution is -2.44. The molecule has 0 aliphatic carbocycles. The van der Waals surface area contributed by atoms with E-state index in [2.05, 4.69) is 50.7 Å². The van der Waals surface area contributed by atoms with Crippen molar-refractivity contribution in [1.29, 1.82) is 0 Å². The van der Waals surface area contributed by atoms with Gasteiger partial charge in [0, 0.05) is 37.9 Å². The quantitative estimate of drug-likeness (QED) is 0.486. The number of aliphatic imine (C=N–C) groups is 1. The summed E-state index contributed by atoms with van der Waals surface area (Å²) < 4.78 is 25.3. The zero-order valence-electron chi connectivity index (χ0n) is 13.9. The molecule has 2 aromatic rings. The van der Waals surface area contributed by atoms with Crippen molar-refractivity contribution in [2.24, 2.45) is 4.99 Å². The number of nitrogens with zero attached hydrogens (tertiary/aromatic N) is 2. The maximum absolute atomic E-state index is 11.5. The first-order valence-electron chi connectivity index (χ1n) is 8.29. The molecule has 0 spiro atoms. The Balaban J connectivity index is 1.45. The SMILES string of the molecule is CN=C(NCCCn1ccc2ccccc21)NC1CCS(=O)(=O)C1. The number of sulfone groups is 1. The summed E-state index contributed by atoms with van der Waals surface area (Å²) in [5, 5.41) is 7.72. The summed E-state index contributed by atoms with van der Waals surface area (Å²) in [6, 6.07) is 10.4. The van der Waals surface area contributed by atoms with Crippen LogP contribution < -0.4 is 10.6 Å². The molecule has 24 heavy (non-hydrogen) atoms. The van der Waals surface area contributed by atoms with Crippen molar-refractivity contribution in [3.05, 3.63) is 36.5 Å². The molecule has 130 valence electrons. The Kier molecular flexibility index (Phi) is 5.08. The lowest BCUT2D eigenvalue weighted by atomic mass is 10.2. The predicted octanol–water partition coefficient (Wildman–Crippen LogP) is 1.38. The molecule has 0 radical (unpaired) electrons. The van der Waals surface area contributed by atoms with Crippen LogP contribution in [0.1, 0.15) is 12.8 Å². The van der Waals surface area contributed by atoms with E-state index in [1.807, 2.05) is 6.07 Å². The number of aromatic nitrogens is 1. The van der Waals surface area contributed by atoms with Gasteiger partial charge in [0.05, 0.1) is 11.5 Å². The van der Waals surface area contributed by atoms with E-state index in [0.717, 1.165) is 19.5 Å². The van der Waals surface area contributed by atoms with Crippen molar-refractivity contribution in [2.75, 3.05) is 25.1 Å². The van der Waals surface area contributed by atoms with Gasteiger partial charge in [-0.2, -0.15) is 0 Å². The summed E-state index contributed by atoms with van der Waals surface area (Å²) in [7, 11) is -1.17. The fourth-order valence-electron chi connectivity index (χ4n) is 3.09. The molecule has 0 saturated carbocycles. The van der Waals surface area contributed by atoms with Crippen LogP contribution in [0.4, 0.5) is 0 Å². The molecule has 0 bridgehead atoms. The highest BCUT2D eigenvalue weighted by Gasteiger charge is 2.28. The normalized spacial score (nSPS) is 20.4. The Hall–Kier alpha value is -2.02. The third-order valence-corrected chi connectivity index (χ3v) is 6.11. The maximum atomic E-state index is 11.5. The molecule has 3 rings (SSSR count). The van der Waals surface area contributed by atoms with Crippen molar-refractivity contribution in [2.45, 2.75) is 25.4 Å². The molecule has 1 atom stereocenters. The molecule has 6 nitrogen and oxygen atoms in total. The number of guanidine groups is 1. The molecule has 1 aromatic heterocycles. The predicted molar refractivity (Wildman–Crippen MR) is 98.1 cm³/mol. The van der Waals surface area contributed by atoms with Crippen LogP contribution in [-0.4, -0.2) is 50.1 Å². The highest BCUT2D eigenvalue weighted by atomic mass is 32.2. The molecule has 1 fully saturated rings. The first-order chi connectivity index (χ1) is 11.6. The summed E-state index contributed by atoms with van der Waals surface area (Å²) >= 11 is 0. The number of para-hydroxylation sites is 1. The average Bonchev–Trinajstić information content (AvgIpc) is 3.13. The van der Waals surface area contributed by atoms with Crippen LogP contribution >= 0.6 is 0 Å². The van der Waals surface area contributed by atoms with Crippen molar-refractivity contribution >= 4 is 26.7 Å². The smallest absolute Gasteiger partial charge is 0.191 e. The second-order valence-corrected chi connectivity index (χ2v) is 8.39. The van der Waals surface area contributed by atoms with E-state index in [0.29, 0.717) is 12.4 Å². The van der Waals surface area contributed by atoms with Crippen molar-refractivity contribution in [1.82, 2.24) is 15.2 Å². The monoisotopic (exact) mass is 348 g/mol. The summed E-state index contributed by atoms with van der Waals surface area (Å²) in [6.07, 6.45) is 3.72. The summed E-state index contributed by atoms with van der Waals surface area (Å²) in [5.74, 6) is 1.14. The zero-order valence-corrected chi connectivity index (χ0v) is 14.7. The number of fused-ring (bicyclic) bond motifs is 1. The molecule has 2 heterocycles. The Bertz CT molecular complexity index is 826. The number of hydrogen-bond donors (Lipinski definition) is 2. The van der Waals surface area contributed by atoms with Crippen LogP contribution in [0.3, 0.4) is 0 Å². The molecule has 1 aliphatic rings. The van der Waals surface area contributed by atoms with Gasteiger partial charge < -0.3 is 15.2 Å². The van der Waals surface area contributed by atoms with E-state index in [4.69, 9.17) is 0 Å². The fourth-order valence-corrected chi connectivity index (χ4v) is 4.76. The van der Waals surface area contributed by atoms with Gasteiger partial charge in [-0.3, -0.25) is 4.99 Å². The lowest BCUT2D eigenvalue weighted by molar-refractivity contribution is 0.598. The highest BCUT2D eigenvalue weighted by molar-refractivity contribution is 7.91. The van der Waals surface area contributed by atoms with Gasteiger partial charge in [0.1, 0.15) is 0 Å². The van der Waals surface area contributed by atoms with Crippen LogP contribution in [0, 0.1) is 0 Å². The Morgan fingerprint density at radius 2 is 2.17 bits per heavy atom. The average molecular weight is 348 g/mol. The van der Waals surface area contributed by atoms with Crippen LogP contribution in [-0.2, 0) is 16.4 Å². The van der Waals surface area contributed by atoms with Crippen molar-refractivity contribution in [3.63, 3.8) is 0 Å². The summed E-state index contributed by atoms with van der Waals surface area (Å²) in [5.41, 5.74) is 1.25. The van der Waals surface area contributed by atoms with E-state index in [1.165, 1.54) is 10.9 Å². The minimum Gasteiger partial charge on any atom is -0.356 e. The van der Waals surface area contributed by atoms with Gasteiger partial charge in [-0.25, -0.2) is 8.42 Å². The van der Waals surface area contributed by atoms with Crippen LogP contribution in [0.2, 0.25) is 0 Å². The van der Waals surface area contributed by atoms with E-state index in [1.54, 1.807) is 7.05 Å². The van der Waals surface area contributed by atoms with Crippen molar-refractivity contribution in [3.8, 4) is 0 Å². The number of nitrogens with one attached hydrogen (secondary N) is 2. The fraction of sp³-hybridized carbons (Fsp3) is 0.471. The summed E-state index contributed by atoms with van der Waals surface area (Å²) in [6.45, 7) is 1.71. The van der Waals surface area contributed by atoms with Crippen LogP contribution in [0.25, 0.3) is 10.9 Å². The van der Waals surface area contributed by atoms with E-state index < -0.39 is 9.84 Å². The molecule has 0 amide bonds. The Morgan fingerprint density at radius 1 is 1.33 bits per heavy atom. The summed E-state index contributed by atoms with van der Waals surface area (Å²) in [4.78, 5) is 4.18. The van der Waals surface area contributed by atoms with E-state index >= 15 is 0 Å². The molecular weight excluding hydrogens is 324 g/mol. The molecule has 1 saturated heterocycles. The van der Waals surface area contributed by atoms with Gasteiger partial charge in [-0.15, -0.1) is 0 Å². The van der Waals surface area contributed by atoms with Crippen molar-refractivity contribution < 1.29 is 8.42 Å². The van der Waals surface area contributed by atoms with Gasteiger partial charge >= 0.3 is 0 Å². The maximum Gasteiger partial charge on any atom is 0.191 e. The number of hydrogen-bond acceptors (Lipinski definition) is 3. The zero-order chi connectivity index (χ0) is 17.0. The number of benzene rings is 1. The Labute approximate surface area is 142 Å². The molecule has 1 aromatic carbocycles. The van der Waals surface area contributed by atoms with Gasteiger partial charge in [0.15, 0.2) is 15.8 Å². The minimum atomic E-state index is -2.87. The van der Waals surface area contributed by atoms with Gasteiger partial charge in [0.25, 0.3) is 0 Å². The van der Waals surface area contributed by atoms with Crippen LogP contribution in [0.5, 0.6) is 0 Å². The minimum absolute atomic E-state index is 0.0328. The molecule has 1 aliphatic heterocycles. The lowest BCUT2D eigenvalue weighted by Gasteiger charge is -2.16. The number of aryl methyl sites for hydroxylation is 1. The van der Waals surface area contributed by atoms with Gasteiger partial charge in [0.2, 0.25) is 0 Å². The molecule has 1 unspecified atom stereocenters. The molecule has 2 N–H and O–H groups in total. The molecular formula is C17H24N4O2S. The highest BCUT2D eigenvalue weighted by Crippen LogP contribution is 2.15. The first kappa shape index (κ1) is 16.8. The number of rotatable bonds is 5. The topological polar surface area (TPSA) is 75.5 Å². The largest absolute Gasteiger partial charge is 0.356 e. The third kappa shape index (κ3) is 4.08. The standard InChI is InChI=1S/C17H24N4O2S/c1-18-17(20-15-8-12-24(22,23)13-15)19-9-4-10-21-11-7-14-5-2-3-6-16(14)21/h2-3,5-7,11,15H,4,8-10,12-13H2,1H3,(H2,18,19,20). The van der Waals surface area contributed by atoms with Gasteiger partial charge in [-0.1, -0.05) is 18.2 Å². The van der Waals surface area contributed by atoms with E-state index in [-0.39, 0.29) is 17.5 Å². The van der Waals surface area contributed by atoms with Gasteiger partial charge in [-0.05, 0) is 30.4 Å². The second-order valence-electron chi connectivity index (χ2n) is 6.16. The first-order valence-corrected chi connectivity index (χ1v) is 10.1.